The number of methoxy groups -OCH3 is 1. The van der Waals surface area contributed by atoms with E-state index in [1.165, 1.54) is 0 Å². The molecule has 0 unspecified atom stereocenters. The predicted octanol–water partition coefficient (Wildman–Crippen LogP) is 1.66. The standard InChI is InChI=1S/C15H19N3O2S/c1-20-8-7-17-14(19)9-16-10-15-18-13(11-21-15)12-5-3-2-4-6-12/h2-6,11,16H,7-10H2,1H3,(H,17,19). The summed E-state index contributed by atoms with van der Waals surface area (Å²) < 4.78 is 4.87. The smallest absolute Gasteiger partial charge is 0.234 e. The number of hydrogen-bond donors (Lipinski definition) is 2. The number of thiazole rings is 1. The van der Waals surface area contributed by atoms with Crippen LogP contribution in [0.15, 0.2) is 35.7 Å². The number of amides is 1. The van der Waals surface area contributed by atoms with Gasteiger partial charge in [-0.2, -0.15) is 0 Å². The number of aromatic nitrogens is 1. The van der Waals surface area contributed by atoms with E-state index >= 15 is 0 Å². The Labute approximate surface area is 128 Å². The third kappa shape index (κ3) is 5.26. The van der Waals surface area contributed by atoms with Gasteiger partial charge in [-0.1, -0.05) is 30.3 Å². The van der Waals surface area contributed by atoms with Gasteiger partial charge in [-0.05, 0) is 0 Å². The second-order valence-corrected chi connectivity index (χ2v) is 5.38. The van der Waals surface area contributed by atoms with E-state index in [0.717, 1.165) is 16.3 Å². The minimum atomic E-state index is -0.0353. The van der Waals surface area contributed by atoms with E-state index in [1.807, 2.05) is 35.7 Å². The van der Waals surface area contributed by atoms with Gasteiger partial charge < -0.3 is 15.4 Å². The van der Waals surface area contributed by atoms with E-state index in [0.29, 0.717) is 19.7 Å². The Morgan fingerprint density at radius 1 is 1.33 bits per heavy atom. The number of nitrogens with one attached hydrogen (secondary N) is 2. The van der Waals surface area contributed by atoms with Crippen molar-refractivity contribution in [2.24, 2.45) is 0 Å². The Balaban J connectivity index is 1.75. The van der Waals surface area contributed by atoms with E-state index in [9.17, 15) is 4.79 Å². The Hall–Kier alpha value is -1.76. The summed E-state index contributed by atoms with van der Waals surface area (Å²) in [5.74, 6) is -0.0353. The molecule has 0 saturated carbocycles. The van der Waals surface area contributed by atoms with Crippen LogP contribution in [0.2, 0.25) is 0 Å². The minimum Gasteiger partial charge on any atom is -0.383 e. The predicted molar refractivity (Wildman–Crippen MR) is 84.1 cm³/mol. The highest BCUT2D eigenvalue weighted by atomic mass is 32.1. The van der Waals surface area contributed by atoms with E-state index in [-0.39, 0.29) is 12.5 Å². The van der Waals surface area contributed by atoms with Crippen LogP contribution in [0.3, 0.4) is 0 Å². The molecule has 0 aliphatic heterocycles. The summed E-state index contributed by atoms with van der Waals surface area (Å²) in [4.78, 5) is 16.0. The van der Waals surface area contributed by atoms with Crippen LogP contribution < -0.4 is 10.6 Å². The first-order valence-corrected chi connectivity index (χ1v) is 7.63. The van der Waals surface area contributed by atoms with Gasteiger partial charge in [-0.25, -0.2) is 4.98 Å². The first-order chi connectivity index (χ1) is 10.3. The zero-order chi connectivity index (χ0) is 14.9. The molecule has 1 heterocycles. The van der Waals surface area contributed by atoms with Crippen molar-refractivity contribution in [3.8, 4) is 11.3 Å². The van der Waals surface area contributed by atoms with Gasteiger partial charge in [0.2, 0.25) is 5.91 Å². The Bertz CT molecular complexity index is 557. The van der Waals surface area contributed by atoms with Crippen molar-refractivity contribution < 1.29 is 9.53 Å². The molecule has 112 valence electrons. The lowest BCUT2D eigenvalue weighted by molar-refractivity contribution is -0.120. The lowest BCUT2D eigenvalue weighted by Gasteiger charge is -2.04. The molecule has 2 rings (SSSR count). The molecule has 0 fully saturated rings. The molecule has 2 aromatic rings. The van der Waals surface area contributed by atoms with Crippen molar-refractivity contribution in [2.45, 2.75) is 6.54 Å². The SMILES string of the molecule is COCCNC(=O)CNCc1nc(-c2ccccc2)cs1. The van der Waals surface area contributed by atoms with Crippen LogP contribution in [0.25, 0.3) is 11.3 Å². The Morgan fingerprint density at radius 3 is 2.90 bits per heavy atom. The van der Waals surface area contributed by atoms with Crippen molar-refractivity contribution in [2.75, 3.05) is 26.8 Å². The van der Waals surface area contributed by atoms with Crippen LogP contribution >= 0.6 is 11.3 Å². The summed E-state index contributed by atoms with van der Waals surface area (Å²) >= 11 is 1.59. The topological polar surface area (TPSA) is 63.2 Å². The van der Waals surface area contributed by atoms with Crippen molar-refractivity contribution in [3.05, 3.63) is 40.7 Å². The number of carbonyl (C=O) groups excluding carboxylic acids is 1. The minimum absolute atomic E-state index is 0.0353. The van der Waals surface area contributed by atoms with Crippen LogP contribution in [0.4, 0.5) is 0 Å². The average molecular weight is 305 g/mol. The summed E-state index contributed by atoms with van der Waals surface area (Å²) in [6, 6.07) is 10.1. The quantitative estimate of drug-likeness (QED) is 0.728. The summed E-state index contributed by atoms with van der Waals surface area (Å²) in [5.41, 5.74) is 2.08. The molecule has 0 aliphatic rings. The molecule has 2 N–H and O–H groups in total. The lowest BCUT2D eigenvalue weighted by Crippen LogP contribution is -2.35. The fourth-order valence-electron chi connectivity index (χ4n) is 1.77. The normalized spacial score (nSPS) is 10.5. The van der Waals surface area contributed by atoms with Gasteiger partial charge in [-0.3, -0.25) is 4.79 Å². The van der Waals surface area contributed by atoms with Gasteiger partial charge in [0.25, 0.3) is 0 Å². The first kappa shape index (κ1) is 15.6. The molecule has 1 aromatic carbocycles. The van der Waals surface area contributed by atoms with Crippen molar-refractivity contribution >= 4 is 17.2 Å². The molecule has 21 heavy (non-hydrogen) atoms. The second-order valence-electron chi connectivity index (χ2n) is 4.44. The summed E-state index contributed by atoms with van der Waals surface area (Å²) in [5, 5.41) is 8.85. The number of benzene rings is 1. The number of carbonyl (C=O) groups is 1. The van der Waals surface area contributed by atoms with Gasteiger partial charge in [0.15, 0.2) is 0 Å². The maximum atomic E-state index is 11.5. The van der Waals surface area contributed by atoms with Crippen molar-refractivity contribution in [3.63, 3.8) is 0 Å². The maximum Gasteiger partial charge on any atom is 0.234 e. The Kier molecular flexibility index (Phi) is 6.33. The second kappa shape index (κ2) is 8.51. The number of rotatable bonds is 8. The molecule has 6 heteroatoms. The molecular formula is C15H19N3O2S. The fraction of sp³-hybridized carbons (Fsp3) is 0.333. The average Bonchev–Trinajstić information content (AvgIpc) is 2.97. The summed E-state index contributed by atoms with van der Waals surface area (Å²) in [7, 11) is 1.61. The summed E-state index contributed by atoms with van der Waals surface area (Å²) in [6.07, 6.45) is 0. The molecule has 5 nitrogen and oxygen atoms in total. The van der Waals surface area contributed by atoms with E-state index in [2.05, 4.69) is 15.6 Å². The van der Waals surface area contributed by atoms with Gasteiger partial charge >= 0.3 is 0 Å². The van der Waals surface area contributed by atoms with Crippen molar-refractivity contribution in [1.82, 2.24) is 15.6 Å². The highest BCUT2D eigenvalue weighted by Gasteiger charge is 2.05. The van der Waals surface area contributed by atoms with Crippen molar-refractivity contribution in [1.29, 1.82) is 0 Å². The molecule has 0 aliphatic carbocycles. The fourth-order valence-corrected chi connectivity index (χ4v) is 2.54. The van der Waals surface area contributed by atoms with Gasteiger partial charge in [0.1, 0.15) is 5.01 Å². The molecule has 0 bridgehead atoms. The molecule has 1 amide bonds. The van der Waals surface area contributed by atoms with E-state index in [1.54, 1.807) is 18.4 Å². The largest absolute Gasteiger partial charge is 0.383 e. The van der Waals surface area contributed by atoms with Gasteiger partial charge in [-0.15, -0.1) is 11.3 Å². The monoisotopic (exact) mass is 305 g/mol. The zero-order valence-corrected chi connectivity index (χ0v) is 12.8. The Morgan fingerprint density at radius 2 is 2.14 bits per heavy atom. The van der Waals surface area contributed by atoms with Crippen LogP contribution in [0.5, 0.6) is 0 Å². The third-order valence-electron chi connectivity index (χ3n) is 2.81. The van der Waals surface area contributed by atoms with Crippen LogP contribution in [-0.2, 0) is 16.1 Å². The van der Waals surface area contributed by atoms with Gasteiger partial charge in [0, 0.05) is 31.1 Å². The molecule has 0 radical (unpaired) electrons. The maximum absolute atomic E-state index is 11.5. The number of nitrogens with zero attached hydrogens (tertiary/aromatic N) is 1. The van der Waals surface area contributed by atoms with Gasteiger partial charge in [0.05, 0.1) is 18.8 Å². The molecular weight excluding hydrogens is 286 g/mol. The highest BCUT2D eigenvalue weighted by Crippen LogP contribution is 2.21. The van der Waals surface area contributed by atoms with E-state index < -0.39 is 0 Å². The van der Waals surface area contributed by atoms with Crippen LogP contribution in [-0.4, -0.2) is 37.7 Å². The number of hydrogen-bond acceptors (Lipinski definition) is 5. The third-order valence-corrected chi connectivity index (χ3v) is 3.66. The first-order valence-electron chi connectivity index (χ1n) is 6.76. The lowest BCUT2D eigenvalue weighted by atomic mass is 10.2. The van der Waals surface area contributed by atoms with E-state index in [4.69, 9.17) is 4.74 Å². The zero-order valence-electron chi connectivity index (χ0n) is 12.0. The molecule has 1 aromatic heterocycles. The van der Waals surface area contributed by atoms with Crippen LogP contribution in [0, 0.1) is 0 Å². The number of ether oxygens (including phenoxy) is 1. The summed E-state index contributed by atoms with van der Waals surface area (Å²) in [6.45, 7) is 1.93. The van der Waals surface area contributed by atoms with Crippen LogP contribution in [0.1, 0.15) is 5.01 Å². The molecule has 0 atom stereocenters. The molecule has 0 saturated heterocycles. The highest BCUT2D eigenvalue weighted by molar-refractivity contribution is 7.09. The molecule has 0 spiro atoms.